The molecule has 0 N–H and O–H groups in total. The van der Waals surface area contributed by atoms with Gasteiger partial charge in [-0.2, -0.15) is 0 Å². The summed E-state index contributed by atoms with van der Waals surface area (Å²) in [7, 11) is 0. The third-order valence-electron chi connectivity index (χ3n) is 1.90. The Balaban J connectivity index is 2.29. The second-order valence-electron chi connectivity index (χ2n) is 3.07. The highest BCUT2D eigenvalue weighted by molar-refractivity contribution is 9.10. The van der Waals surface area contributed by atoms with Crippen molar-refractivity contribution in [1.82, 2.24) is 0 Å². The Bertz CT molecular complexity index is 571. The van der Waals surface area contributed by atoms with Gasteiger partial charge in [0.25, 0.3) is 0 Å². The Morgan fingerprint density at radius 3 is 2.82 bits per heavy atom. The van der Waals surface area contributed by atoms with Crippen molar-refractivity contribution < 1.29 is 13.9 Å². The van der Waals surface area contributed by atoms with Crippen LogP contribution in [-0.4, -0.2) is 6.29 Å². The lowest BCUT2D eigenvalue weighted by atomic mass is 10.3. The summed E-state index contributed by atoms with van der Waals surface area (Å²) < 4.78 is 19.2. The molecule has 0 bridgehead atoms. The molecule has 1 aromatic heterocycles. The van der Waals surface area contributed by atoms with Crippen molar-refractivity contribution in [3.8, 4) is 10.8 Å². The summed E-state index contributed by atoms with van der Waals surface area (Å²) in [6, 6.07) is 5.88. The maximum Gasteiger partial charge on any atom is 0.181 e. The quantitative estimate of drug-likeness (QED) is 0.588. The van der Waals surface area contributed by atoms with Crippen LogP contribution in [0.25, 0.3) is 0 Å². The summed E-state index contributed by atoms with van der Waals surface area (Å²) in [6.45, 7) is 0. The van der Waals surface area contributed by atoms with Gasteiger partial charge in [0.1, 0.15) is 11.6 Å². The molecule has 1 aromatic carbocycles. The standard InChI is InChI=1S/C11H5BrClFO2S/c12-7-3-8(13)9(14)4-10(7)16-11-2-1-6(5-15)17-11/h1-5H. The Kier molecular flexibility index (Phi) is 3.81. The van der Waals surface area contributed by atoms with E-state index in [1.807, 2.05) is 0 Å². The predicted molar refractivity (Wildman–Crippen MR) is 68.9 cm³/mol. The number of hydrogen-bond acceptors (Lipinski definition) is 3. The maximum atomic E-state index is 13.2. The number of halogens is 3. The number of carbonyl (C=O) groups is 1. The van der Waals surface area contributed by atoms with Gasteiger partial charge < -0.3 is 4.74 Å². The fourth-order valence-corrected chi connectivity index (χ4v) is 2.55. The monoisotopic (exact) mass is 334 g/mol. The minimum Gasteiger partial charge on any atom is -0.445 e. The zero-order valence-electron chi connectivity index (χ0n) is 8.25. The smallest absolute Gasteiger partial charge is 0.181 e. The van der Waals surface area contributed by atoms with E-state index in [4.69, 9.17) is 16.3 Å². The molecule has 0 unspecified atom stereocenters. The molecule has 17 heavy (non-hydrogen) atoms. The van der Waals surface area contributed by atoms with Crippen LogP contribution in [0.4, 0.5) is 4.39 Å². The van der Waals surface area contributed by atoms with Crippen LogP contribution in [0, 0.1) is 5.82 Å². The summed E-state index contributed by atoms with van der Waals surface area (Å²) in [6.07, 6.45) is 0.731. The van der Waals surface area contributed by atoms with Gasteiger partial charge in [0.2, 0.25) is 0 Å². The lowest BCUT2D eigenvalue weighted by Crippen LogP contribution is -1.85. The highest BCUT2D eigenvalue weighted by Crippen LogP contribution is 2.36. The SMILES string of the molecule is O=Cc1ccc(Oc2cc(F)c(Cl)cc2Br)s1. The summed E-state index contributed by atoms with van der Waals surface area (Å²) in [4.78, 5) is 11.1. The molecule has 2 nitrogen and oxygen atoms in total. The van der Waals surface area contributed by atoms with Crippen LogP contribution in [-0.2, 0) is 0 Å². The summed E-state index contributed by atoms with van der Waals surface area (Å²) in [5, 5.41) is 0.526. The molecule has 0 spiro atoms. The summed E-state index contributed by atoms with van der Waals surface area (Å²) in [5.74, 6) is -0.247. The average molecular weight is 336 g/mol. The average Bonchev–Trinajstić information content (AvgIpc) is 2.73. The first-order chi connectivity index (χ1) is 8.10. The first-order valence-corrected chi connectivity index (χ1v) is 6.46. The molecule has 0 aliphatic rings. The molecule has 0 radical (unpaired) electrons. The van der Waals surface area contributed by atoms with Crippen molar-refractivity contribution in [3.05, 3.63) is 44.5 Å². The van der Waals surface area contributed by atoms with Crippen molar-refractivity contribution in [2.45, 2.75) is 0 Å². The van der Waals surface area contributed by atoms with Crippen molar-refractivity contribution in [2.75, 3.05) is 0 Å². The molecule has 0 saturated heterocycles. The Labute approximate surface area is 114 Å². The highest BCUT2D eigenvalue weighted by Gasteiger charge is 2.10. The fourth-order valence-electron chi connectivity index (χ4n) is 1.14. The molecule has 6 heteroatoms. The lowest BCUT2D eigenvalue weighted by Gasteiger charge is -2.06. The largest absolute Gasteiger partial charge is 0.445 e. The van der Waals surface area contributed by atoms with E-state index in [0.29, 0.717) is 20.2 Å². The number of benzene rings is 1. The number of ether oxygens (including phenoxy) is 1. The molecular weight excluding hydrogens is 331 g/mol. The zero-order valence-corrected chi connectivity index (χ0v) is 11.4. The third kappa shape index (κ3) is 2.86. The van der Waals surface area contributed by atoms with E-state index in [2.05, 4.69) is 15.9 Å². The first kappa shape index (κ1) is 12.5. The van der Waals surface area contributed by atoms with Crippen LogP contribution in [0.2, 0.25) is 5.02 Å². The minimum atomic E-state index is -0.558. The molecule has 88 valence electrons. The van der Waals surface area contributed by atoms with E-state index in [9.17, 15) is 9.18 Å². The molecule has 0 saturated carbocycles. The number of rotatable bonds is 3. The van der Waals surface area contributed by atoms with Gasteiger partial charge in [0.05, 0.1) is 14.4 Å². The number of hydrogen-bond donors (Lipinski definition) is 0. The van der Waals surface area contributed by atoms with Crippen molar-refractivity contribution in [1.29, 1.82) is 0 Å². The van der Waals surface area contributed by atoms with E-state index in [1.54, 1.807) is 12.1 Å². The van der Waals surface area contributed by atoms with Gasteiger partial charge in [-0.25, -0.2) is 4.39 Å². The topological polar surface area (TPSA) is 26.3 Å². The predicted octanol–water partition coefficient (Wildman–Crippen LogP) is 4.91. The normalized spacial score (nSPS) is 10.3. The van der Waals surface area contributed by atoms with Crippen molar-refractivity contribution in [3.63, 3.8) is 0 Å². The molecule has 0 atom stereocenters. The van der Waals surface area contributed by atoms with Crippen LogP contribution in [0.1, 0.15) is 9.67 Å². The van der Waals surface area contributed by atoms with Crippen LogP contribution < -0.4 is 4.74 Å². The van der Waals surface area contributed by atoms with Crippen LogP contribution in [0.3, 0.4) is 0 Å². The van der Waals surface area contributed by atoms with Gasteiger partial charge in [-0.1, -0.05) is 22.9 Å². The highest BCUT2D eigenvalue weighted by atomic mass is 79.9. The van der Waals surface area contributed by atoms with E-state index in [0.717, 1.165) is 6.29 Å². The van der Waals surface area contributed by atoms with Gasteiger partial charge >= 0.3 is 0 Å². The fraction of sp³-hybridized carbons (Fsp3) is 0. The van der Waals surface area contributed by atoms with Gasteiger partial charge in [0, 0.05) is 6.07 Å². The molecule has 0 amide bonds. The van der Waals surface area contributed by atoms with E-state index in [1.165, 1.54) is 23.5 Å². The molecule has 0 aliphatic heterocycles. The number of aldehydes is 1. The van der Waals surface area contributed by atoms with Gasteiger partial charge in [-0.15, -0.1) is 0 Å². The Hall–Kier alpha value is -0.910. The number of carbonyl (C=O) groups excluding carboxylic acids is 1. The number of thiophene rings is 1. The summed E-state index contributed by atoms with van der Waals surface area (Å²) in [5.41, 5.74) is 0. The zero-order chi connectivity index (χ0) is 12.4. The lowest BCUT2D eigenvalue weighted by molar-refractivity contribution is 0.112. The minimum absolute atomic E-state index is 0.0176. The third-order valence-corrected chi connectivity index (χ3v) is 3.70. The first-order valence-electron chi connectivity index (χ1n) is 4.47. The van der Waals surface area contributed by atoms with E-state index < -0.39 is 5.82 Å². The molecule has 0 aliphatic carbocycles. The van der Waals surface area contributed by atoms with Crippen molar-refractivity contribution >= 4 is 45.2 Å². The van der Waals surface area contributed by atoms with Gasteiger partial charge in [0.15, 0.2) is 11.3 Å². The van der Waals surface area contributed by atoms with E-state index in [-0.39, 0.29) is 5.02 Å². The second-order valence-corrected chi connectivity index (χ2v) is 5.41. The van der Waals surface area contributed by atoms with Crippen molar-refractivity contribution in [2.24, 2.45) is 0 Å². The van der Waals surface area contributed by atoms with Gasteiger partial charge in [-0.3, -0.25) is 4.79 Å². The summed E-state index contributed by atoms with van der Waals surface area (Å²) >= 11 is 10.0. The molecule has 2 aromatic rings. The molecular formula is C11H5BrClFO2S. The molecule has 1 heterocycles. The Morgan fingerprint density at radius 1 is 1.41 bits per heavy atom. The maximum absolute atomic E-state index is 13.2. The van der Waals surface area contributed by atoms with E-state index >= 15 is 0 Å². The van der Waals surface area contributed by atoms with Crippen LogP contribution >= 0.6 is 38.9 Å². The molecule has 2 rings (SSSR count). The van der Waals surface area contributed by atoms with Gasteiger partial charge in [-0.05, 0) is 34.1 Å². The van der Waals surface area contributed by atoms with Crippen LogP contribution in [0.15, 0.2) is 28.7 Å². The second kappa shape index (κ2) is 5.16. The van der Waals surface area contributed by atoms with Crippen LogP contribution in [0.5, 0.6) is 10.8 Å². The Morgan fingerprint density at radius 2 is 2.18 bits per heavy atom. The molecule has 0 fully saturated rings.